The summed E-state index contributed by atoms with van der Waals surface area (Å²) in [5, 5.41) is 0. The zero-order valence-electron chi connectivity index (χ0n) is 22.1. The van der Waals surface area contributed by atoms with E-state index < -0.39 is 0 Å². The van der Waals surface area contributed by atoms with Crippen molar-refractivity contribution in [2.75, 3.05) is 6.61 Å². The number of unbranched alkanes of at least 4 members (excludes halogenated alkanes) is 5. The maximum atomic E-state index is 14.7. The Balaban J connectivity index is 1.26. The Labute approximate surface area is 218 Å². The molecule has 192 valence electrons. The number of aryl methyl sites for hydroxylation is 1. The minimum Gasteiger partial charge on any atom is -0.491 e. The van der Waals surface area contributed by atoms with Crippen LogP contribution in [-0.4, -0.2) is 6.61 Å². The van der Waals surface area contributed by atoms with Gasteiger partial charge in [0.25, 0.3) is 0 Å². The molecule has 0 heterocycles. The molecule has 3 aromatic carbocycles. The Morgan fingerprint density at radius 1 is 0.694 bits per heavy atom. The van der Waals surface area contributed by atoms with Gasteiger partial charge < -0.3 is 4.74 Å². The maximum absolute atomic E-state index is 14.7. The van der Waals surface area contributed by atoms with Crippen molar-refractivity contribution in [3.63, 3.8) is 0 Å². The van der Waals surface area contributed by atoms with E-state index in [9.17, 15) is 4.39 Å². The molecular formula is C34H43FO. The molecule has 0 N–H and O–H groups in total. The van der Waals surface area contributed by atoms with Crippen LogP contribution in [-0.2, 0) is 6.42 Å². The average Bonchev–Trinajstić information content (AvgIpc) is 3.43. The summed E-state index contributed by atoms with van der Waals surface area (Å²) in [6.45, 7) is 2.85. The van der Waals surface area contributed by atoms with Crippen LogP contribution in [0.4, 0.5) is 4.39 Å². The fourth-order valence-corrected chi connectivity index (χ4v) is 5.47. The Morgan fingerprint density at radius 3 is 1.97 bits per heavy atom. The molecule has 0 amide bonds. The average molecular weight is 487 g/mol. The van der Waals surface area contributed by atoms with Gasteiger partial charge in [-0.1, -0.05) is 119 Å². The van der Waals surface area contributed by atoms with Gasteiger partial charge in [-0.15, -0.1) is 0 Å². The van der Waals surface area contributed by atoms with Crippen molar-refractivity contribution in [1.29, 1.82) is 0 Å². The predicted molar refractivity (Wildman–Crippen MR) is 151 cm³/mol. The molecule has 0 saturated heterocycles. The molecule has 0 spiro atoms. The predicted octanol–water partition coefficient (Wildman–Crippen LogP) is 10.4. The number of benzene rings is 3. The van der Waals surface area contributed by atoms with Crippen LogP contribution < -0.4 is 4.74 Å². The molecule has 0 aromatic heterocycles. The van der Waals surface area contributed by atoms with Crippen LogP contribution in [0.15, 0.2) is 66.7 Å². The van der Waals surface area contributed by atoms with Crippen LogP contribution in [0.25, 0.3) is 22.3 Å². The van der Waals surface area contributed by atoms with E-state index in [1.807, 2.05) is 6.07 Å². The Kier molecular flexibility index (Phi) is 10.4. The second kappa shape index (κ2) is 14.2. The van der Waals surface area contributed by atoms with Crippen molar-refractivity contribution < 1.29 is 9.13 Å². The van der Waals surface area contributed by atoms with Gasteiger partial charge in [0.2, 0.25) is 0 Å². The van der Waals surface area contributed by atoms with Gasteiger partial charge in [-0.05, 0) is 71.6 Å². The second-order valence-electron chi connectivity index (χ2n) is 10.6. The molecule has 1 fully saturated rings. The van der Waals surface area contributed by atoms with E-state index in [4.69, 9.17) is 4.74 Å². The van der Waals surface area contributed by atoms with Crippen LogP contribution in [0.2, 0.25) is 0 Å². The lowest BCUT2D eigenvalue weighted by Gasteiger charge is -2.11. The summed E-state index contributed by atoms with van der Waals surface area (Å²) in [6.07, 6.45) is 16.8. The van der Waals surface area contributed by atoms with E-state index in [1.165, 1.54) is 87.3 Å². The van der Waals surface area contributed by atoms with E-state index >= 15 is 0 Å². The van der Waals surface area contributed by atoms with Crippen LogP contribution in [0.3, 0.4) is 0 Å². The van der Waals surface area contributed by atoms with Gasteiger partial charge >= 0.3 is 0 Å². The standard InChI is InChI=1S/C34H43FO/c1-2-3-4-5-6-11-28-15-17-29(18-16-28)30-19-21-31(22-20-30)32-23-24-34(33(35)26-32)36-25-10-9-14-27-12-7-8-13-27/h15-24,26-27H,2-14,25H2,1H3. The van der Waals surface area contributed by atoms with E-state index in [1.54, 1.807) is 12.1 Å². The maximum Gasteiger partial charge on any atom is 0.165 e. The van der Waals surface area contributed by atoms with E-state index in [2.05, 4.69) is 55.5 Å². The highest BCUT2D eigenvalue weighted by atomic mass is 19.1. The van der Waals surface area contributed by atoms with Crippen molar-refractivity contribution >= 4 is 0 Å². The van der Waals surface area contributed by atoms with Gasteiger partial charge in [-0.25, -0.2) is 4.39 Å². The molecule has 0 unspecified atom stereocenters. The first-order valence-corrected chi connectivity index (χ1v) is 14.3. The minimum absolute atomic E-state index is 0.280. The zero-order valence-corrected chi connectivity index (χ0v) is 22.1. The van der Waals surface area contributed by atoms with Crippen LogP contribution in [0.1, 0.15) is 89.5 Å². The van der Waals surface area contributed by atoms with E-state index in [0.29, 0.717) is 12.4 Å². The lowest BCUT2D eigenvalue weighted by molar-refractivity contribution is 0.286. The lowest BCUT2D eigenvalue weighted by atomic mass is 9.98. The van der Waals surface area contributed by atoms with Crippen molar-refractivity contribution in [1.82, 2.24) is 0 Å². The summed E-state index contributed by atoms with van der Waals surface area (Å²) < 4.78 is 20.4. The molecule has 4 rings (SSSR count). The molecule has 2 heteroatoms. The summed E-state index contributed by atoms with van der Waals surface area (Å²) >= 11 is 0. The Hall–Kier alpha value is -2.61. The molecule has 1 nitrogen and oxygen atoms in total. The topological polar surface area (TPSA) is 9.23 Å². The fourth-order valence-electron chi connectivity index (χ4n) is 5.47. The lowest BCUT2D eigenvalue weighted by Crippen LogP contribution is -2.01. The Morgan fingerprint density at radius 2 is 1.31 bits per heavy atom. The fraction of sp³-hybridized carbons (Fsp3) is 0.471. The SMILES string of the molecule is CCCCCCCc1ccc(-c2ccc(-c3ccc(OCCCCC4CCCC4)c(F)c3)cc2)cc1. The van der Waals surface area contributed by atoms with Crippen LogP contribution >= 0.6 is 0 Å². The third kappa shape index (κ3) is 7.95. The first-order chi connectivity index (χ1) is 17.7. The normalized spacial score (nSPS) is 13.8. The number of ether oxygens (including phenoxy) is 1. The number of hydrogen-bond donors (Lipinski definition) is 0. The summed E-state index contributed by atoms with van der Waals surface area (Å²) in [4.78, 5) is 0. The molecule has 0 atom stereocenters. The number of halogens is 1. The highest BCUT2D eigenvalue weighted by Gasteiger charge is 2.14. The minimum atomic E-state index is -0.280. The molecule has 0 radical (unpaired) electrons. The van der Waals surface area contributed by atoms with Crippen molar-refractivity contribution in [3.05, 3.63) is 78.1 Å². The monoisotopic (exact) mass is 486 g/mol. The Bertz CT molecular complexity index is 1030. The molecule has 1 aliphatic carbocycles. The molecule has 0 bridgehead atoms. The summed E-state index contributed by atoms with van der Waals surface area (Å²) in [5.41, 5.74) is 5.72. The number of hydrogen-bond acceptors (Lipinski definition) is 1. The van der Waals surface area contributed by atoms with Gasteiger partial charge in [0.15, 0.2) is 11.6 Å². The van der Waals surface area contributed by atoms with Crippen LogP contribution in [0.5, 0.6) is 5.75 Å². The first kappa shape index (κ1) is 26.5. The molecular weight excluding hydrogens is 443 g/mol. The molecule has 0 aliphatic heterocycles. The van der Waals surface area contributed by atoms with Gasteiger partial charge in [0.05, 0.1) is 6.61 Å². The number of rotatable bonds is 14. The van der Waals surface area contributed by atoms with Crippen molar-refractivity contribution in [3.8, 4) is 28.0 Å². The summed E-state index contributed by atoms with van der Waals surface area (Å²) in [5.74, 6) is 0.996. The molecule has 36 heavy (non-hydrogen) atoms. The van der Waals surface area contributed by atoms with Gasteiger partial charge in [-0.2, -0.15) is 0 Å². The van der Waals surface area contributed by atoms with Gasteiger partial charge in [-0.3, -0.25) is 0 Å². The quantitative estimate of drug-likeness (QED) is 0.206. The van der Waals surface area contributed by atoms with Gasteiger partial charge in [0.1, 0.15) is 0 Å². The first-order valence-electron chi connectivity index (χ1n) is 14.3. The van der Waals surface area contributed by atoms with E-state index in [-0.39, 0.29) is 5.82 Å². The third-order valence-electron chi connectivity index (χ3n) is 7.75. The second-order valence-corrected chi connectivity index (χ2v) is 10.6. The summed E-state index contributed by atoms with van der Waals surface area (Å²) in [7, 11) is 0. The van der Waals surface area contributed by atoms with E-state index in [0.717, 1.165) is 29.9 Å². The smallest absolute Gasteiger partial charge is 0.165 e. The summed E-state index contributed by atoms with van der Waals surface area (Å²) in [6, 6.07) is 22.7. The largest absolute Gasteiger partial charge is 0.491 e. The zero-order chi connectivity index (χ0) is 25.0. The van der Waals surface area contributed by atoms with Crippen LogP contribution in [0, 0.1) is 11.7 Å². The molecule has 1 aliphatic rings. The van der Waals surface area contributed by atoms with Gasteiger partial charge in [0, 0.05) is 0 Å². The third-order valence-corrected chi connectivity index (χ3v) is 7.75. The van der Waals surface area contributed by atoms with Crippen molar-refractivity contribution in [2.45, 2.75) is 90.4 Å². The van der Waals surface area contributed by atoms with Crippen molar-refractivity contribution in [2.24, 2.45) is 5.92 Å². The highest BCUT2D eigenvalue weighted by molar-refractivity contribution is 5.71. The molecule has 1 saturated carbocycles. The highest BCUT2D eigenvalue weighted by Crippen LogP contribution is 2.30. The molecule has 3 aromatic rings.